The molecule has 0 fully saturated rings. The Morgan fingerprint density at radius 3 is 2.41 bits per heavy atom. The number of hydrogen-bond acceptors (Lipinski definition) is 3. The predicted octanol–water partition coefficient (Wildman–Crippen LogP) is 4.19. The number of rotatable bonds is 5. The molecular weight excluding hydrogens is 367 g/mol. The van der Waals surface area contributed by atoms with Crippen LogP contribution in [0, 0.1) is 12.7 Å². The molecule has 3 aromatic carbocycles. The number of anilines is 2. The van der Waals surface area contributed by atoms with E-state index in [0.29, 0.717) is 5.69 Å². The minimum Gasteiger partial charge on any atom is -0.322 e. The van der Waals surface area contributed by atoms with Crippen LogP contribution in [0.25, 0.3) is 0 Å². The van der Waals surface area contributed by atoms with Gasteiger partial charge in [0.15, 0.2) is 0 Å². The van der Waals surface area contributed by atoms with Gasteiger partial charge in [-0.2, -0.15) is 0 Å². The topological polar surface area (TPSA) is 75.3 Å². The largest absolute Gasteiger partial charge is 0.322 e. The molecule has 0 heterocycles. The lowest BCUT2D eigenvalue weighted by atomic mass is 10.2. The summed E-state index contributed by atoms with van der Waals surface area (Å²) in [4.78, 5) is 12.3. The normalized spacial score (nSPS) is 11.0. The van der Waals surface area contributed by atoms with Crippen LogP contribution in [0.1, 0.15) is 15.9 Å². The van der Waals surface area contributed by atoms with Crippen LogP contribution in [-0.2, 0) is 10.0 Å². The van der Waals surface area contributed by atoms with Gasteiger partial charge in [-0.3, -0.25) is 9.52 Å². The van der Waals surface area contributed by atoms with Gasteiger partial charge in [-0.15, -0.1) is 0 Å². The van der Waals surface area contributed by atoms with Gasteiger partial charge in [-0.05, 0) is 55.0 Å². The molecule has 0 saturated heterocycles. The first-order valence-electron chi connectivity index (χ1n) is 8.10. The summed E-state index contributed by atoms with van der Waals surface area (Å²) in [5, 5.41) is 2.72. The molecule has 138 valence electrons. The van der Waals surface area contributed by atoms with Gasteiger partial charge in [-0.1, -0.05) is 30.3 Å². The molecule has 0 unspecified atom stereocenters. The molecule has 0 aliphatic heterocycles. The van der Waals surface area contributed by atoms with Crippen molar-refractivity contribution in [2.45, 2.75) is 11.8 Å². The van der Waals surface area contributed by atoms with Crippen LogP contribution in [-0.4, -0.2) is 14.3 Å². The summed E-state index contributed by atoms with van der Waals surface area (Å²) in [5.74, 6) is -1.13. The number of halogens is 1. The van der Waals surface area contributed by atoms with Gasteiger partial charge in [0.05, 0.1) is 10.6 Å². The molecule has 1 amide bonds. The van der Waals surface area contributed by atoms with E-state index in [2.05, 4.69) is 10.0 Å². The quantitative estimate of drug-likeness (QED) is 0.693. The van der Waals surface area contributed by atoms with Crippen LogP contribution in [0.5, 0.6) is 0 Å². The molecule has 0 aliphatic rings. The lowest BCUT2D eigenvalue weighted by Gasteiger charge is -2.10. The Bertz CT molecular complexity index is 1100. The first-order valence-corrected chi connectivity index (χ1v) is 9.59. The van der Waals surface area contributed by atoms with Crippen molar-refractivity contribution >= 4 is 27.3 Å². The zero-order chi connectivity index (χ0) is 19.4. The monoisotopic (exact) mass is 384 g/mol. The Hall–Kier alpha value is -3.19. The number of aryl methyl sites for hydroxylation is 1. The van der Waals surface area contributed by atoms with E-state index in [1.807, 2.05) is 19.1 Å². The second kappa shape index (κ2) is 7.59. The fourth-order valence-corrected chi connectivity index (χ4v) is 3.59. The highest BCUT2D eigenvalue weighted by Crippen LogP contribution is 2.20. The summed E-state index contributed by atoms with van der Waals surface area (Å²) in [6.07, 6.45) is 0. The highest BCUT2D eigenvalue weighted by molar-refractivity contribution is 7.92. The third-order valence-electron chi connectivity index (χ3n) is 3.80. The predicted molar refractivity (Wildman–Crippen MR) is 103 cm³/mol. The number of para-hydroxylation sites is 1. The molecule has 7 heteroatoms. The van der Waals surface area contributed by atoms with E-state index in [4.69, 9.17) is 0 Å². The van der Waals surface area contributed by atoms with Crippen LogP contribution in [0.4, 0.5) is 15.8 Å². The Kier molecular flexibility index (Phi) is 5.23. The molecule has 0 spiro atoms. The Labute approximate surface area is 156 Å². The molecule has 0 saturated carbocycles. The summed E-state index contributed by atoms with van der Waals surface area (Å²) in [6, 6.07) is 18.3. The SMILES string of the molecule is Cc1cccc(NC(=O)c2cccc(S(=O)(=O)Nc3ccccc3F)c2)c1. The van der Waals surface area contributed by atoms with Crippen molar-refractivity contribution in [3.8, 4) is 0 Å². The van der Waals surface area contributed by atoms with Gasteiger partial charge in [0.2, 0.25) is 0 Å². The highest BCUT2D eigenvalue weighted by Gasteiger charge is 2.18. The maximum atomic E-state index is 13.7. The summed E-state index contributed by atoms with van der Waals surface area (Å²) >= 11 is 0. The van der Waals surface area contributed by atoms with Gasteiger partial charge < -0.3 is 5.32 Å². The number of sulfonamides is 1. The molecule has 3 aromatic rings. The van der Waals surface area contributed by atoms with E-state index < -0.39 is 21.7 Å². The molecule has 5 nitrogen and oxygen atoms in total. The molecule has 2 N–H and O–H groups in total. The maximum absolute atomic E-state index is 13.7. The molecule has 27 heavy (non-hydrogen) atoms. The van der Waals surface area contributed by atoms with Crippen LogP contribution in [0.3, 0.4) is 0 Å². The maximum Gasteiger partial charge on any atom is 0.262 e. The van der Waals surface area contributed by atoms with Gasteiger partial charge >= 0.3 is 0 Å². The van der Waals surface area contributed by atoms with Crippen molar-refractivity contribution in [2.75, 3.05) is 10.0 Å². The first-order chi connectivity index (χ1) is 12.8. The Morgan fingerprint density at radius 1 is 0.926 bits per heavy atom. The van der Waals surface area contributed by atoms with E-state index in [-0.39, 0.29) is 16.1 Å². The summed E-state index contributed by atoms with van der Waals surface area (Å²) in [7, 11) is -4.04. The number of hydrogen-bond donors (Lipinski definition) is 2. The van der Waals surface area contributed by atoms with Gasteiger partial charge in [-0.25, -0.2) is 12.8 Å². The smallest absolute Gasteiger partial charge is 0.262 e. The number of nitrogens with one attached hydrogen (secondary N) is 2. The van der Waals surface area contributed by atoms with Crippen molar-refractivity contribution in [1.82, 2.24) is 0 Å². The first kappa shape index (κ1) is 18.6. The zero-order valence-electron chi connectivity index (χ0n) is 14.4. The van der Waals surface area contributed by atoms with E-state index >= 15 is 0 Å². The molecule has 0 atom stereocenters. The second-order valence-electron chi connectivity index (χ2n) is 5.94. The third-order valence-corrected chi connectivity index (χ3v) is 5.16. The molecular formula is C20H17FN2O3S. The van der Waals surface area contributed by atoms with Gasteiger partial charge in [0.1, 0.15) is 5.82 Å². The third kappa shape index (κ3) is 4.51. The Balaban J connectivity index is 1.84. The van der Waals surface area contributed by atoms with E-state index in [1.54, 1.807) is 12.1 Å². The van der Waals surface area contributed by atoms with Crippen LogP contribution in [0.2, 0.25) is 0 Å². The fourth-order valence-electron chi connectivity index (χ4n) is 2.48. The summed E-state index contributed by atoms with van der Waals surface area (Å²) in [6.45, 7) is 1.90. The van der Waals surface area contributed by atoms with Crippen molar-refractivity contribution in [2.24, 2.45) is 0 Å². The molecule has 3 rings (SSSR count). The van der Waals surface area contributed by atoms with Crippen molar-refractivity contribution in [3.05, 3.63) is 89.7 Å². The zero-order valence-corrected chi connectivity index (χ0v) is 15.3. The minimum absolute atomic E-state index is 0.136. The molecule has 0 radical (unpaired) electrons. The number of carbonyl (C=O) groups excluding carboxylic acids is 1. The molecule has 0 bridgehead atoms. The van der Waals surface area contributed by atoms with Gasteiger partial charge in [0.25, 0.3) is 15.9 Å². The van der Waals surface area contributed by atoms with Crippen LogP contribution >= 0.6 is 0 Å². The van der Waals surface area contributed by atoms with Crippen molar-refractivity contribution in [1.29, 1.82) is 0 Å². The van der Waals surface area contributed by atoms with Crippen molar-refractivity contribution in [3.63, 3.8) is 0 Å². The Morgan fingerprint density at radius 2 is 1.67 bits per heavy atom. The highest BCUT2D eigenvalue weighted by atomic mass is 32.2. The molecule has 0 aromatic heterocycles. The average Bonchev–Trinajstić information content (AvgIpc) is 2.64. The van der Waals surface area contributed by atoms with E-state index in [0.717, 1.165) is 11.6 Å². The number of amides is 1. The number of benzene rings is 3. The average molecular weight is 384 g/mol. The van der Waals surface area contributed by atoms with E-state index in [1.165, 1.54) is 42.5 Å². The van der Waals surface area contributed by atoms with Crippen LogP contribution in [0.15, 0.2) is 77.7 Å². The minimum atomic E-state index is -4.04. The fraction of sp³-hybridized carbons (Fsp3) is 0.0500. The van der Waals surface area contributed by atoms with E-state index in [9.17, 15) is 17.6 Å². The van der Waals surface area contributed by atoms with Gasteiger partial charge in [0, 0.05) is 11.3 Å². The second-order valence-corrected chi connectivity index (χ2v) is 7.62. The summed E-state index contributed by atoms with van der Waals surface area (Å²) < 4.78 is 41.0. The summed E-state index contributed by atoms with van der Waals surface area (Å²) in [5.41, 5.74) is 1.61. The lowest BCUT2D eigenvalue weighted by Crippen LogP contribution is -2.16. The number of carbonyl (C=O) groups is 1. The standard InChI is InChI=1S/C20H17FN2O3S/c1-14-6-4-8-16(12-14)22-20(24)15-7-5-9-17(13-15)27(25,26)23-19-11-3-2-10-18(19)21/h2-13,23H,1H3,(H,22,24). The van der Waals surface area contributed by atoms with Crippen molar-refractivity contribution < 1.29 is 17.6 Å². The molecule has 0 aliphatic carbocycles. The lowest BCUT2D eigenvalue weighted by molar-refractivity contribution is 0.102. The van der Waals surface area contributed by atoms with Crippen LogP contribution < -0.4 is 10.0 Å².